The number of benzene rings is 1. The minimum absolute atomic E-state index is 0.106. The van der Waals surface area contributed by atoms with Gasteiger partial charge in [-0.1, -0.05) is 18.2 Å². The Kier molecular flexibility index (Phi) is 9.27. The van der Waals surface area contributed by atoms with Gasteiger partial charge in [0.15, 0.2) is 0 Å². The maximum Gasteiger partial charge on any atom is 0.366 e. The van der Waals surface area contributed by atoms with E-state index in [1.165, 1.54) is 0 Å². The molecule has 0 aliphatic carbocycles. The topological polar surface area (TPSA) is 117 Å². The fourth-order valence-electron chi connectivity index (χ4n) is 1.27. The molecule has 0 aliphatic rings. The number of hydrogen-bond donors (Lipinski definition) is 2. The number of nitrogens with zero attached hydrogens (tertiary/aromatic N) is 5. The molecule has 0 spiro atoms. The minimum Gasteiger partial charge on any atom is -0.623 e. The van der Waals surface area contributed by atoms with Crippen LogP contribution in [0.15, 0.2) is 30.3 Å². The maximum atomic E-state index is 8.80. The molecule has 0 atom stereocenters. The first-order valence-electron chi connectivity index (χ1n) is 5.49. The average Bonchev–Trinajstić information content (AvgIpc) is 2.47. The molecule has 100 valence electrons. The zero-order valence-electron chi connectivity index (χ0n) is 10.3. The quantitative estimate of drug-likeness (QED) is 0.345. The first-order valence-corrected chi connectivity index (χ1v) is 5.49. The predicted molar refractivity (Wildman–Crippen MR) is 67.7 cm³/mol. The fraction of sp³-hybridized carbons (Fsp3) is 0.333. The second-order valence-electron chi connectivity index (χ2n) is 3.28. The number of aliphatic hydroxyl groups is 2. The van der Waals surface area contributed by atoms with E-state index in [9.17, 15) is 0 Å². The van der Waals surface area contributed by atoms with Gasteiger partial charge in [-0.2, -0.15) is 4.70 Å². The van der Waals surface area contributed by atoms with E-state index >= 15 is 0 Å². The van der Waals surface area contributed by atoms with Crippen LogP contribution in [0.2, 0.25) is 0 Å². The number of nitriles is 2. The number of anilines is 1. The largest absolute Gasteiger partial charge is 0.623 e. The Hall–Kier alpha value is -2.48. The summed E-state index contributed by atoms with van der Waals surface area (Å²) in [5, 5.41) is 32.7. The van der Waals surface area contributed by atoms with Gasteiger partial charge >= 0.3 is 12.4 Å². The standard InChI is InChI=1S/C10H15NO2.C2N4/c12-8-6-11(7-9-13)10-4-2-1-3-5-10;3-1-6(5)2-4/h1-5,12-13H,6-9H2;. The SMILES string of the molecule is N#C[N+](=[N-])C#N.OCCN(CCO)c1ccccc1. The first kappa shape index (κ1) is 16.5. The van der Waals surface area contributed by atoms with Crippen LogP contribution in [0.4, 0.5) is 5.69 Å². The maximum absolute atomic E-state index is 8.80. The van der Waals surface area contributed by atoms with Crippen molar-refractivity contribution < 1.29 is 14.9 Å². The van der Waals surface area contributed by atoms with Crippen LogP contribution in [0.3, 0.4) is 0 Å². The van der Waals surface area contributed by atoms with Crippen molar-refractivity contribution in [3.8, 4) is 12.4 Å². The summed E-state index contributed by atoms with van der Waals surface area (Å²) < 4.78 is -0.139. The van der Waals surface area contributed by atoms with Crippen molar-refractivity contribution in [3.05, 3.63) is 35.9 Å². The van der Waals surface area contributed by atoms with Crippen molar-refractivity contribution >= 4 is 5.69 Å². The molecule has 1 aromatic carbocycles. The number of rotatable bonds is 5. The predicted octanol–water partition coefficient (Wildman–Crippen LogP) is 0.460. The Balaban J connectivity index is 0.000000459. The van der Waals surface area contributed by atoms with E-state index in [1.807, 2.05) is 35.2 Å². The minimum atomic E-state index is -0.139. The number of para-hydroxylation sites is 1. The molecule has 0 aromatic heterocycles. The summed E-state index contributed by atoms with van der Waals surface area (Å²) in [6, 6.07) is 9.75. The van der Waals surface area contributed by atoms with Gasteiger partial charge < -0.3 is 20.6 Å². The summed E-state index contributed by atoms with van der Waals surface area (Å²) in [5.41, 5.74) is 8.81. The summed E-state index contributed by atoms with van der Waals surface area (Å²) in [4.78, 5) is 1.94. The molecule has 0 fully saturated rings. The van der Waals surface area contributed by atoms with E-state index < -0.39 is 0 Å². The lowest BCUT2D eigenvalue weighted by Gasteiger charge is -2.22. The van der Waals surface area contributed by atoms with Gasteiger partial charge in [0.2, 0.25) is 0 Å². The molecule has 0 saturated carbocycles. The van der Waals surface area contributed by atoms with Crippen LogP contribution in [-0.4, -0.2) is 41.2 Å². The Morgan fingerprint density at radius 3 is 1.84 bits per heavy atom. The van der Waals surface area contributed by atoms with Crippen LogP contribution >= 0.6 is 0 Å². The molecule has 0 bridgehead atoms. The van der Waals surface area contributed by atoms with Crippen molar-refractivity contribution in [2.24, 2.45) is 0 Å². The average molecular weight is 261 g/mol. The highest BCUT2D eigenvalue weighted by Gasteiger charge is 2.02. The summed E-state index contributed by atoms with van der Waals surface area (Å²) >= 11 is 0. The normalized spacial score (nSPS) is 8.42. The summed E-state index contributed by atoms with van der Waals surface area (Å²) in [7, 11) is 0. The van der Waals surface area contributed by atoms with Crippen LogP contribution in [0.1, 0.15) is 0 Å². The molecule has 1 rings (SSSR count). The molecule has 19 heavy (non-hydrogen) atoms. The third-order valence-corrected chi connectivity index (χ3v) is 2.05. The highest BCUT2D eigenvalue weighted by Crippen LogP contribution is 2.11. The van der Waals surface area contributed by atoms with Gasteiger partial charge in [-0.25, -0.2) is 0 Å². The second kappa shape index (κ2) is 10.7. The molecule has 1 aromatic rings. The Bertz CT molecular complexity index is 427. The van der Waals surface area contributed by atoms with Gasteiger partial charge in [0.1, 0.15) is 0 Å². The Labute approximate surface area is 111 Å². The number of hydrogen-bond acceptors (Lipinski definition) is 5. The first-order chi connectivity index (χ1) is 9.19. The van der Waals surface area contributed by atoms with Gasteiger partial charge in [0.05, 0.1) is 13.2 Å². The van der Waals surface area contributed by atoms with E-state index in [0.29, 0.717) is 13.1 Å². The lowest BCUT2D eigenvalue weighted by molar-refractivity contribution is -0.362. The van der Waals surface area contributed by atoms with E-state index in [1.54, 1.807) is 0 Å². The summed E-state index contributed by atoms with van der Waals surface area (Å²) in [5.74, 6) is 0. The van der Waals surface area contributed by atoms with E-state index in [2.05, 4.69) is 0 Å². The van der Waals surface area contributed by atoms with Crippen molar-refractivity contribution in [2.75, 3.05) is 31.2 Å². The van der Waals surface area contributed by atoms with Crippen LogP contribution in [0, 0.1) is 22.9 Å². The van der Waals surface area contributed by atoms with Crippen LogP contribution < -0.4 is 4.90 Å². The van der Waals surface area contributed by atoms with Crippen LogP contribution in [0.5, 0.6) is 0 Å². The molecule has 0 saturated heterocycles. The fourth-order valence-corrected chi connectivity index (χ4v) is 1.27. The van der Waals surface area contributed by atoms with Gasteiger partial charge in [0.25, 0.3) is 0 Å². The summed E-state index contributed by atoms with van der Waals surface area (Å²) in [6.45, 7) is 1.33. The molecule has 0 radical (unpaired) electrons. The van der Waals surface area contributed by atoms with Crippen molar-refractivity contribution in [3.63, 3.8) is 0 Å². The Morgan fingerprint density at radius 1 is 1.05 bits per heavy atom. The van der Waals surface area contributed by atoms with Crippen molar-refractivity contribution in [1.29, 1.82) is 10.5 Å². The molecular weight excluding hydrogens is 246 g/mol. The van der Waals surface area contributed by atoms with E-state index in [0.717, 1.165) is 18.1 Å². The second-order valence-corrected chi connectivity index (χ2v) is 3.28. The molecule has 7 nitrogen and oxygen atoms in total. The smallest absolute Gasteiger partial charge is 0.366 e. The molecular formula is C12H15N5O2. The van der Waals surface area contributed by atoms with Crippen LogP contribution in [0.25, 0.3) is 5.53 Å². The number of aliphatic hydroxyl groups excluding tert-OH is 2. The third-order valence-electron chi connectivity index (χ3n) is 2.05. The lowest BCUT2D eigenvalue weighted by Crippen LogP contribution is -2.29. The lowest BCUT2D eigenvalue weighted by atomic mass is 10.3. The van der Waals surface area contributed by atoms with Crippen LogP contribution in [-0.2, 0) is 0 Å². The molecule has 0 amide bonds. The zero-order chi connectivity index (χ0) is 14.5. The highest BCUT2D eigenvalue weighted by atomic mass is 16.3. The molecule has 7 heteroatoms. The summed E-state index contributed by atoms with van der Waals surface area (Å²) in [6.07, 6.45) is 2.28. The van der Waals surface area contributed by atoms with Gasteiger partial charge in [-0.3, -0.25) is 0 Å². The van der Waals surface area contributed by atoms with Crippen molar-refractivity contribution in [1.82, 2.24) is 0 Å². The Morgan fingerprint density at radius 2 is 1.53 bits per heavy atom. The highest BCUT2D eigenvalue weighted by molar-refractivity contribution is 5.45. The zero-order valence-corrected chi connectivity index (χ0v) is 10.3. The third kappa shape index (κ3) is 7.45. The van der Waals surface area contributed by atoms with Gasteiger partial charge in [-0.05, 0) is 12.1 Å². The van der Waals surface area contributed by atoms with Crippen molar-refractivity contribution in [2.45, 2.75) is 0 Å². The molecule has 2 N–H and O–H groups in total. The van der Waals surface area contributed by atoms with Gasteiger partial charge in [0, 0.05) is 29.3 Å². The molecule has 0 heterocycles. The van der Waals surface area contributed by atoms with E-state index in [-0.39, 0.29) is 17.9 Å². The van der Waals surface area contributed by atoms with Gasteiger partial charge in [-0.15, -0.1) is 0 Å². The molecule has 0 aliphatic heterocycles. The molecule has 0 unspecified atom stereocenters. The van der Waals surface area contributed by atoms with E-state index in [4.69, 9.17) is 26.3 Å². The monoisotopic (exact) mass is 261 g/mol.